The molecule has 0 aromatic heterocycles. The maximum atomic E-state index is 11.6. The normalized spacial score (nSPS) is 14.8. The van der Waals surface area contributed by atoms with E-state index < -0.39 is 0 Å². The molecule has 0 fully saturated rings. The Hall–Kier alpha value is -2.43. The standard InChI is InChI=1S/C13H12N2O3/c1-8(16)9-3-5-10(6-4-9)14-11-7-12(17)15(2)13(11)18/h3-7,14H,1-2H3. The zero-order chi connectivity index (χ0) is 13.3. The van der Waals surface area contributed by atoms with Crippen LogP contribution in [0.15, 0.2) is 36.0 Å². The van der Waals surface area contributed by atoms with Gasteiger partial charge in [-0.3, -0.25) is 19.3 Å². The minimum atomic E-state index is -0.365. The predicted molar refractivity (Wildman–Crippen MR) is 65.9 cm³/mol. The first-order valence-corrected chi connectivity index (χ1v) is 5.41. The molecule has 2 amide bonds. The Labute approximate surface area is 104 Å². The molecule has 1 N–H and O–H groups in total. The summed E-state index contributed by atoms with van der Waals surface area (Å²) in [6, 6.07) is 6.70. The number of ketones is 1. The summed E-state index contributed by atoms with van der Waals surface area (Å²) in [4.78, 5) is 35.0. The molecule has 5 heteroatoms. The van der Waals surface area contributed by atoms with Crippen molar-refractivity contribution in [3.8, 4) is 0 Å². The van der Waals surface area contributed by atoms with Crippen LogP contribution in [0.2, 0.25) is 0 Å². The van der Waals surface area contributed by atoms with Crippen molar-refractivity contribution in [1.82, 2.24) is 4.90 Å². The highest BCUT2D eigenvalue weighted by atomic mass is 16.2. The summed E-state index contributed by atoms with van der Waals surface area (Å²) < 4.78 is 0. The molecule has 0 radical (unpaired) electrons. The lowest BCUT2D eigenvalue weighted by Gasteiger charge is -2.09. The summed E-state index contributed by atoms with van der Waals surface area (Å²) in [5.74, 6) is -0.730. The summed E-state index contributed by atoms with van der Waals surface area (Å²) in [6.45, 7) is 1.49. The Morgan fingerprint density at radius 2 is 1.78 bits per heavy atom. The smallest absolute Gasteiger partial charge is 0.277 e. The van der Waals surface area contributed by atoms with E-state index in [0.717, 1.165) is 4.90 Å². The van der Waals surface area contributed by atoms with Gasteiger partial charge in [-0.25, -0.2) is 0 Å². The summed E-state index contributed by atoms with van der Waals surface area (Å²) in [5, 5.41) is 2.86. The van der Waals surface area contributed by atoms with Crippen LogP contribution in [0.3, 0.4) is 0 Å². The van der Waals surface area contributed by atoms with Crippen molar-refractivity contribution in [2.75, 3.05) is 12.4 Å². The largest absolute Gasteiger partial charge is 0.351 e. The van der Waals surface area contributed by atoms with Crippen molar-refractivity contribution in [2.24, 2.45) is 0 Å². The number of imide groups is 1. The van der Waals surface area contributed by atoms with Crippen LogP contribution < -0.4 is 5.32 Å². The minimum absolute atomic E-state index is 0.0207. The van der Waals surface area contributed by atoms with Crippen molar-refractivity contribution < 1.29 is 14.4 Å². The number of likely N-dealkylation sites (N-methyl/N-ethyl adjacent to an activating group) is 1. The van der Waals surface area contributed by atoms with E-state index in [2.05, 4.69) is 5.32 Å². The Morgan fingerprint density at radius 1 is 1.17 bits per heavy atom. The number of hydrogen-bond donors (Lipinski definition) is 1. The highest BCUT2D eigenvalue weighted by Crippen LogP contribution is 2.16. The molecule has 92 valence electrons. The molecule has 1 aliphatic rings. The average Bonchev–Trinajstić information content (AvgIpc) is 2.58. The van der Waals surface area contributed by atoms with Crippen LogP contribution in [0.1, 0.15) is 17.3 Å². The molecule has 1 aromatic rings. The first-order valence-electron chi connectivity index (χ1n) is 5.41. The number of amides is 2. The van der Waals surface area contributed by atoms with Gasteiger partial charge in [-0.05, 0) is 31.2 Å². The number of nitrogens with zero attached hydrogens (tertiary/aromatic N) is 1. The van der Waals surface area contributed by atoms with Gasteiger partial charge in [0, 0.05) is 24.4 Å². The van der Waals surface area contributed by atoms with Crippen molar-refractivity contribution in [1.29, 1.82) is 0 Å². The van der Waals surface area contributed by atoms with Gasteiger partial charge in [-0.15, -0.1) is 0 Å². The number of carbonyl (C=O) groups is 3. The van der Waals surface area contributed by atoms with Crippen LogP contribution in [0.5, 0.6) is 0 Å². The first-order chi connectivity index (χ1) is 8.49. The van der Waals surface area contributed by atoms with Gasteiger partial charge in [-0.1, -0.05) is 0 Å². The Morgan fingerprint density at radius 3 is 2.22 bits per heavy atom. The Kier molecular flexibility index (Phi) is 2.97. The number of nitrogens with one attached hydrogen (secondary N) is 1. The molecule has 0 aliphatic carbocycles. The summed E-state index contributed by atoms with van der Waals surface area (Å²) in [5.41, 5.74) is 1.49. The maximum absolute atomic E-state index is 11.6. The SMILES string of the molecule is CC(=O)c1ccc(NC2=CC(=O)N(C)C2=O)cc1. The number of Topliss-reactive ketones (excluding diaryl/α,β-unsaturated/α-hetero) is 1. The van der Waals surface area contributed by atoms with Gasteiger partial charge in [0.15, 0.2) is 5.78 Å². The second-order valence-corrected chi connectivity index (χ2v) is 4.02. The van der Waals surface area contributed by atoms with Crippen LogP contribution in [-0.2, 0) is 9.59 Å². The molecule has 1 heterocycles. The fraction of sp³-hybridized carbons (Fsp3) is 0.154. The molecular formula is C13H12N2O3. The molecule has 0 bridgehead atoms. The second kappa shape index (κ2) is 4.44. The highest BCUT2D eigenvalue weighted by molar-refractivity contribution is 6.17. The molecule has 0 unspecified atom stereocenters. The lowest BCUT2D eigenvalue weighted by molar-refractivity contribution is -0.135. The second-order valence-electron chi connectivity index (χ2n) is 4.02. The van der Waals surface area contributed by atoms with Crippen molar-refractivity contribution >= 4 is 23.3 Å². The molecule has 5 nitrogen and oxygen atoms in total. The third kappa shape index (κ3) is 2.15. The molecule has 0 saturated carbocycles. The van der Waals surface area contributed by atoms with Crippen LogP contribution in [0, 0.1) is 0 Å². The van der Waals surface area contributed by atoms with E-state index in [4.69, 9.17) is 0 Å². The van der Waals surface area contributed by atoms with E-state index in [0.29, 0.717) is 11.3 Å². The van der Waals surface area contributed by atoms with Crippen LogP contribution in [0.25, 0.3) is 0 Å². The molecule has 0 spiro atoms. The van der Waals surface area contributed by atoms with Crippen LogP contribution in [-0.4, -0.2) is 29.5 Å². The Bertz CT molecular complexity index is 558. The highest BCUT2D eigenvalue weighted by Gasteiger charge is 2.27. The molecule has 1 aromatic carbocycles. The maximum Gasteiger partial charge on any atom is 0.277 e. The molecule has 1 aliphatic heterocycles. The van der Waals surface area contributed by atoms with Crippen molar-refractivity contribution in [2.45, 2.75) is 6.92 Å². The van der Waals surface area contributed by atoms with E-state index in [1.165, 1.54) is 20.0 Å². The van der Waals surface area contributed by atoms with Crippen LogP contribution in [0.4, 0.5) is 5.69 Å². The van der Waals surface area contributed by atoms with E-state index in [-0.39, 0.29) is 23.3 Å². The number of rotatable bonds is 3. The van der Waals surface area contributed by atoms with E-state index in [9.17, 15) is 14.4 Å². The average molecular weight is 244 g/mol. The molecule has 0 saturated heterocycles. The number of benzene rings is 1. The van der Waals surface area contributed by atoms with Gasteiger partial charge in [0.2, 0.25) is 0 Å². The lowest BCUT2D eigenvalue weighted by atomic mass is 10.1. The monoisotopic (exact) mass is 244 g/mol. The Balaban J connectivity index is 2.16. The molecule has 18 heavy (non-hydrogen) atoms. The quantitative estimate of drug-likeness (QED) is 0.640. The van der Waals surface area contributed by atoms with Gasteiger partial charge in [0.25, 0.3) is 11.8 Å². The van der Waals surface area contributed by atoms with Gasteiger partial charge in [0.05, 0.1) is 0 Å². The number of anilines is 1. The zero-order valence-corrected chi connectivity index (χ0v) is 10.1. The molecule has 0 atom stereocenters. The molecule has 2 rings (SSSR count). The van der Waals surface area contributed by atoms with Crippen molar-refractivity contribution in [3.63, 3.8) is 0 Å². The van der Waals surface area contributed by atoms with E-state index in [1.807, 2.05) is 0 Å². The summed E-state index contributed by atoms with van der Waals surface area (Å²) >= 11 is 0. The van der Waals surface area contributed by atoms with Gasteiger partial charge in [-0.2, -0.15) is 0 Å². The fourth-order valence-electron chi connectivity index (χ4n) is 1.60. The minimum Gasteiger partial charge on any atom is -0.351 e. The van der Waals surface area contributed by atoms with E-state index >= 15 is 0 Å². The number of hydrogen-bond acceptors (Lipinski definition) is 4. The zero-order valence-electron chi connectivity index (χ0n) is 10.1. The first kappa shape index (κ1) is 12.0. The third-order valence-electron chi connectivity index (χ3n) is 2.70. The topological polar surface area (TPSA) is 66.5 Å². The summed E-state index contributed by atoms with van der Waals surface area (Å²) in [7, 11) is 1.43. The van der Waals surface area contributed by atoms with Gasteiger partial charge in [0.1, 0.15) is 5.70 Å². The van der Waals surface area contributed by atoms with Crippen LogP contribution >= 0.6 is 0 Å². The predicted octanol–water partition coefficient (Wildman–Crippen LogP) is 1.18. The number of carbonyl (C=O) groups excluding carboxylic acids is 3. The third-order valence-corrected chi connectivity index (χ3v) is 2.70. The van der Waals surface area contributed by atoms with Gasteiger partial charge >= 0.3 is 0 Å². The fourth-order valence-corrected chi connectivity index (χ4v) is 1.60. The van der Waals surface area contributed by atoms with Gasteiger partial charge < -0.3 is 5.32 Å². The lowest BCUT2D eigenvalue weighted by Crippen LogP contribution is -2.27. The molecular weight excluding hydrogens is 232 g/mol. The summed E-state index contributed by atoms with van der Waals surface area (Å²) in [6.07, 6.45) is 1.25. The van der Waals surface area contributed by atoms with E-state index in [1.54, 1.807) is 24.3 Å². The van der Waals surface area contributed by atoms with Crippen molar-refractivity contribution in [3.05, 3.63) is 41.6 Å².